The van der Waals surface area contributed by atoms with Crippen molar-refractivity contribution < 1.29 is 19.0 Å². The first-order chi connectivity index (χ1) is 12.2. The molecule has 0 radical (unpaired) electrons. The van der Waals surface area contributed by atoms with Crippen LogP contribution in [-0.2, 0) is 9.53 Å². The quantitative estimate of drug-likeness (QED) is 0.427. The first-order valence-corrected chi connectivity index (χ1v) is 8.66. The van der Waals surface area contributed by atoms with E-state index < -0.39 is 5.97 Å². The first-order valence-electron chi connectivity index (χ1n) is 7.78. The summed E-state index contributed by atoms with van der Waals surface area (Å²) in [5, 5.41) is 1.91. The number of esters is 1. The lowest BCUT2D eigenvalue weighted by Crippen LogP contribution is -2.03. The van der Waals surface area contributed by atoms with Crippen LogP contribution in [0.2, 0.25) is 0 Å². The number of hydrogen-bond donors (Lipinski definition) is 0. The summed E-state index contributed by atoms with van der Waals surface area (Å²) in [6.07, 6.45) is 3.34. The van der Waals surface area contributed by atoms with Gasteiger partial charge in [0.1, 0.15) is 6.61 Å². The molecule has 0 amide bonds. The highest BCUT2D eigenvalue weighted by Gasteiger charge is 2.24. The van der Waals surface area contributed by atoms with E-state index in [2.05, 4.69) is 11.6 Å². The fourth-order valence-electron chi connectivity index (χ4n) is 2.22. The van der Waals surface area contributed by atoms with Crippen LogP contribution in [0.3, 0.4) is 0 Å². The maximum atomic E-state index is 12.0. The van der Waals surface area contributed by atoms with Gasteiger partial charge in [-0.1, -0.05) is 24.8 Å². The second-order valence-electron chi connectivity index (χ2n) is 5.05. The number of cyclic esters (lactones) is 1. The van der Waals surface area contributed by atoms with Crippen molar-refractivity contribution in [1.82, 2.24) is 0 Å². The van der Waals surface area contributed by atoms with Gasteiger partial charge >= 0.3 is 5.97 Å². The van der Waals surface area contributed by atoms with Crippen LogP contribution >= 0.6 is 11.3 Å². The van der Waals surface area contributed by atoms with Crippen LogP contribution in [0.5, 0.6) is 11.5 Å². The van der Waals surface area contributed by atoms with Crippen molar-refractivity contribution in [1.29, 1.82) is 0 Å². The molecule has 0 aliphatic carbocycles. The van der Waals surface area contributed by atoms with Crippen LogP contribution in [0.15, 0.2) is 59.1 Å². The van der Waals surface area contributed by atoms with E-state index >= 15 is 0 Å². The Morgan fingerprint density at radius 3 is 2.88 bits per heavy atom. The van der Waals surface area contributed by atoms with Crippen molar-refractivity contribution >= 4 is 29.3 Å². The third-order valence-electron chi connectivity index (χ3n) is 3.28. The molecule has 0 bridgehead atoms. The number of carbonyl (C=O) groups excluding carboxylic acids is 1. The SMILES string of the molecule is C=CCOc1ccc(C=C2N=C(c3cccs3)OC2=O)cc1OCC. The van der Waals surface area contributed by atoms with Crippen LogP contribution in [0.4, 0.5) is 0 Å². The molecule has 0 saturated heterocycles. The summed E-state index contributed by atoms with van der Waals surface area (Å²) >= 11 is 1.47. The summed E-state index contributed by atoms with van der Waals surface area (Å²) in [6.45, 7) is 6.43. The van der Waals surface area contributed by atoms with Gasteiger partial charge in [-0.25, -0.2) is 9.79 Å². The van der Waals surface area contributed by atoms with Gasteiger partial charge in [0.2, 0.25) is 5.90 Å². The summed E-state index contributed by atoms with van der Waals surface area (Å²) in [5.41, 5.74) is 1.03. The summed E-state index contributed by atoms with van der Waals surface area (Å²) in [5.74, 6) is 1.10. The smallest absolute Gasteiger partial charge is 0.363 e. The minimum absolute atomic E-state index is 0.255. The Hall–Kier alpha value is -2.86. The summed E-state index contributed by atoms with van der Waals surface area (Å²) < 4.78 is 16.4. The van der Waals surface area contributed by atoms with Crippen molar-refractivity contribution in [2.75, 3.05) is 13.2 Å². The number of nitrogens with zero attached hydrogens (tertiary/aromatic N) is 1. The monoisotopic (exact) mass is 355 g/mol. The number of hydrogen-bond acceptors (Lipinski definition) is 6. The molecule has 2 heterocycles. The van der Waals surface area contributed by atoms with E-state index in [-0.39, 0.29) is 5.70 Å². The molecule has 1 aliphatic heterocycles. The van der Waals surface area contributed by atoms with Crippen LogP contribution in [0.25, 0.3) is 6.08 Å². The third kappa shape index (κ3) is 3.97. The highest BCUT2D eigenvalue weighted by Crippen LogP contribution is 2.30. The van der Waals surface area contributed by atoms with Gasteiger partial charge in [-0.05, 0) is 42.1 Å². The Labute approximate surface area is 149 Å². The maximum Gasteiger partial charge on any atom is 0.363 e. The van der Waals surface area contributed by atoms with Crippen LogP contribution in [0.1, 0.15) is 17.4 Å². The largest absolute Gasteiger partial charge is 0.490 e. The Balaban J connectivity index is 1.88. The van der Waals surface area contributed by atoms with Gasteiger partial charge in [-0.15, -0.1) is 11.3 Å². The van der Waals surface area contributed by atoms with E-state index in [1.807, 2.05) is 30.5 Å². The number of benzene rings is 1. The fourth-order valence-corrected chi connectivity index (χ4v) is 2.87. The number of thiophene rings is 1. The van der Waals surface area contributed by atoms with Gasteiger partial charge in [0.15, 0.2) is 17.2 Å². The summed E-state index contributed by atoms with van der Waals surface area (Å²) in [7, 11) is 0. The topological polar surface area (TPSA) is 57.1 Å². The van der Waals surface area contributed by atoms with Crippen LogP contribution in [0, 0.1) is 0 Å². The molecule has 0 spiro atoms. The molecule has 1 aromatic carbocycles. The highest BCUT2D eigenvalue weighted by molar-refractivity contribution is 7.12. The molecule has 3 rings (SSSR count). The molecule has 2 aromatic rings. The van der Waals surface area contributed by atoms with Crippen molar-refractivity contribution in [3.63, 3.8) is 0 Å². The average Bonchev–Trinajstić information content (AvgIpc) is 3.25. The van der Waals surface area contributed by atoms with E-state index in [0.29, 0.717) is 30.6 Å². The predicted octanol–water partition coefficient (Wildman–Crippen LogP) is 4.06. The second kappa shape index (κ2) is 7.81. The van der Waals surface area contributed by atoms with Crippen molar-refractivity contribution in [3.05, 3.63) is 64.5 Å². The lowest BCUT2D eigenvalue weighted by atomic mass is 10.1. The van der Waals surface area contributed by atoms with Gasteiger partial charge in [0, 0.05) is 0 Å². The maximum absolute atomic E-state index is 12.0. The molecule has 0 unspecified atom stereocenters. The molecule has 25 heavy (non-hydrogen) atoms. The molecule has 0 fully saturated rings. The van der Waals surface area contributed by atoms with Crippen LogP contribution in [-0.4, -0.2) is 25.1 Å². The van der Waals surface area contributed by atoms with Crippen LogP contribution < -0.4 is 9.47 Å². The lowest BCUT2D eigenvalue weighted by molar-refractivity contribution is -0.129. The second-order valence-corrected chi connectivity index (χ2v) is 6.00. The highest BCUT2D eigenvalue weighted by atomic mass is 32.1. The van der Waals surface area contributed by atoms with Gasteiger partial charge in [-0.2, -0.15) is 0 Å². The molecule has 6 heteroatoms. The zero-order valence-corrected chi connectivity index (χ0v) is 14.5. The van der Waals surface area contributed by atoms with E-state index in [1.165, 1.54) is 11.3 Å². The predicted molar refractivity (Wildman–Crippen MR) is 98.2 cm³/mol. The molecule has 1 aromatic heterocycles. The Morgan fingerprint density at radius 1 is 1.28 bits per heavy atom. The lowest BCUT2D eigenvalue weighted by Gasteiger charge is -2.11. The summed E-state index contributed by atoms with van der Waals surface area (Å²) in [4.78, 5) is 17.1. The standard InChI is InChI=1S/C19H17NO4S/c1-3-9-23-15-8-7-13(12-16(15)22-4-2)11-14-19(21)24-18(20-14)17-6-5-10-25-17/h3,5-8,10-12H,1,4,9H2,2H3. The van der Waals surface area contributed by atoms with Gasteiger partial charge < -0.3 is 14.2 Å². The Bertz CT molecular complexity index is 837. The van der Waals surface area contributed by atoms with E-state index in [4.69, 9.17) is 14.2 Å². The molecular weight excluding hydrogens is 338 g/mol. The van der Waals surface area contributed by atoms with Crippen molar-refractivity contribution in [2.45, 2.75) is 6.92 Å². The fraction of sp³-hybridized carbons (Fsp3) is 0.158. The number of rotatable bonds is 7. The molecule has 128 valence electrons. The molecule has 1 aliphatic rings. The van der Waals surface area contributed by atoms with Gasteiger partial charge in [-0.3, -0.25) is 0 Å². The van der Waals surface area contributed by atoms with Crippen molar-refractivity contribution in [3.8, 4) is 11.5 Å². The van der Waals surface area contributed by atoms with E-state index in [9.17, 15) is 4.79 Å². The Morgan fingerprint density at radius 2 is 2.16 bits per heavy atom. The zero-order valence-electron chi connectivity index (χ0n) is 13.7. The molecule has 5 nitrogen and oxygen atoms in total. The zero-order chi connectivity index (χ0) is 17.6. The number of aliphatic imine (C=N–C) groups is 1. The molecule has 0 atom stereocenters. The minimum Gasteiger partial charge on any atom is -0.490 e. The first kappa shape index (κ1) is 17.0. The van der Waals surface area contributed by atoms with E-state index in [0.717, 1.165) is 10.4 Å². The van der Waals surface area contributed by atoms with E-state index in [1.54, 1.807) is 24.3 Å². The van der Waals surface area contributed by atoms with Gasteiger partial charge in [0.05, 0.1) is 11.5 Å². The molecular formula is C19H17NO4S. The third-order valence-corrected chi connectivity index (χ3v) is 4.14. The number of ether oxygens (including phenoxy) is 3. The van der Waals surface area contributed by atoms with Gasteiger partial charge in [0.25, 0.3) is 0 Å². The molecule has 0 N–H and O–H groups in total. The normalized spacial score (nSPS) is 15.0. The minimum atomic E-state index is -0.464. The number of carbonyl (C=O) groups is 1. The average molecular weight is 355 g/mol. The molecule has 0 saturated carbocycles. The Kier molecular flexibility index (Phi) is 5.30. The summed E-state index contributed by atoms with van der Waals surface area (Å²) in [6, 6.07) is 9.18. The van der Waals surface area contributed by atoms with Crippen molar-refractivity contribution in [2.24, 2.45) is 4.99 Å².